The third-order valence-electron chi connectivity index (χ3n) is 6.29. The molecule has 2 N–H and O–H groups in total. The Hall–Kier alpha value is -2.77. The monoisotopic (exact) mass is 429 g/mol. The van der Waals surface area contributed by atoms with Crippen molar-refractivity contribution >= 4 is 23.4 Å². The molecule has 1 saturated carbocycles. The molecule has 4 rings (SSSR count). The number of ether oxygens (including phenoxy) is 2. The molecule has 2 fully saturated rings. The van der Waals surface area contributed by atoms with E-state index < -0.39 is 12.0 Å². The summed E-state index contributed by atoms with van der Waals surface area (Å²) in [7, 11) is 0. The van der Waals surface area contributed by atoms with Crippen LogP contribution in [0.5, 0.6) is 11.5 Å². The Kier molecular flexibility index (Phi) is 6.63. The number of hydrogen-bond donors (Lipinski definition) is 2. The SMILES string of the molecule is C[C@H](NC(=O)C1CC(=O)N(c2ccc3c(c2)OCCO3)C1)C(=O)NC1CCCCCC1. The van der Waals surface area contributed by atoms with Crippen LogP contribution in [0, 0.1) is 5.92 Å². The smallest absolute Gasteiger partial charge is 0.242 e. The van der Waals surface area contributed by atoms with Crippen molar-refractivity contribution in [3.05, 3.63) is 18.2 Å². The summed E-state index contributed by atoms with van der Waals surface area (Å²) in [6, 6.07) is 4.91. The van der Waals surface area contributed by atoms with Gasteiger partial charge in [-0.15, -0.1) is 0 Å². The molecule has 0 spiro atoms. The van der Waals surface area contributed by atoms with Crippen molar-refractivity contribution in [2.24, 2.45) is 5.92 Å². The van der Waals surface area contributed by atoms with Crippen LogP contribution in [0.4, 0.5) is 5.69 Å². The fourth-order valence-corrected chi connectivity index (χ4v) is 4.48. The van der Waals surface area contributed by atoms with Gasteiger partial charge < -0.3 is 25.0 Å². The lowest BCUT2D eigenvalue weighted by molar-refractivity contribution is -0.131. The van der Waals surface area contributed by atoms with Crippen LogP contribution in [0.15, 0.2) is 18.2 Å². The molecule has 1 aromatic rings. The molecular formula is C23H31N3O5. The number of amides is 3. The van der Waals surface area contributed by atoms with Crippen molar-refractivity contribution < 1.29 is 23.9 Å². The topological polar surface area (TPSA) is 97.0 Å². The van der Waals surface area contributed by atoms with Crippen molar-refractivity contribution in [3.63, 3.8) is 0 Å². The van der Waals surface area contributed by atoms with Crippen LogP contribution < -0.4 is 25.0 Å². The number of nitrogens with one attached hydrogen (secondary N) is 2. The van der Waals surface area contributed by atoms with Crippen LogP contribution in [0.25, 0.3) is 0 Å². The molecule has 2 heterocycles. The van der Waals surface area contributed by atoms with Gasteiger partial charge in [0.15, 0.2) is 11.5 Å². The maximum absolute atomic E-state index is 12.7. The Balaban J connectivity index is 1.32. The summed E-state index contributed by atoms with van der Waals surface area (Å²) in [5.41, 5.74) is 0.684. The summed E-state index contributed by atoms with van der Waals surface area (Å²) in [6.07, 6.45) is 6.80. The first-order valence-corrected chi connectivity index (χ1v) is 11.3. The molecule has 0 aromatic heterocycles. The van der Waals surface area contributed by atoms with Gasteiger partial charge in [0.25, 0.3) is 0 Å². The van der Waals surface area contributed by atoms with E-state index in [9.17, 15) is 14.4 Å². The van der Waals surface area contributed by atoms with Gasteiger partial charge in [0.2, 0.25) is 17.7 Å². The minimum Gasteiger partial charge on any atom is -0.486 e. The molecule has 3 aliphatic rings. The second-order valence-corrected chi connectivity index (χ2v) is 8.66. The zero-order valence-electron chi connectivity index (χ0n) is 18.0. The maximum Gasteiger partial charge on any atom is 0.242 e. The van der Waals surface area contributed by atoms with E-state index in [1.54, 1.807) is 30.0 Å². The Morgan fingerprint density at radius 1 is 1.06 bits per heavy atom. The van der Waals surface area contributed by atoms with Crippen LogP contribution in [0.3, 0.4) is 0 Å². The Labute approximate surface area is 182 Å². The number of anilines is 1. The number of rotatable bonds is 5. The largest absolute Gasteiger partial charge is 0.486 e. The van der Waals surface area contributed by atoms with Crippen molar-refractivity contribution in [1.82, 2.24) is 10.6 Å². The first-order valence-electron chi connectivity index (χ1n) is 11.3. The normalized spacial score (nSPS) is 22.5. The lowest BCUT2D eigenvalue weighted by Crippen LogP contribution is -2.49. The Morgan fingerprint density at radius 2 is 1.77 bits per heavy atom. The molecule has 8 heteroatoms. The number of nitrogens with zero attached hydrogens (tertiary/aromatic N) is 1. The molecule has 1 aromatic carbocycles. The van der Waals surface area contributed by atoms with Crippen molar-refractivity contribution in [2.75, 3.05) is 24.7 Å². The molecule has 8 nitrogen and oxygen atoms in total. The van der Waals surface area contributed by atoms with Crippen LogP contribution in [0.2, 0.25) is 0 Å². The van der Waals surface area contributed by atoms with Crippen LogP contribution >= 0.6 is 0 Å². The quantitative estimate of drug-likeness (QED) is 0.699. The molecule has 1 aliphatic carbocycles. The first kappa shape index (κ1) is 21.5. The summed E-state index contributed by atoms with van der Waals surface area (Å²) in [6.45, 7) is 2.94. The van der Waals surface area contributed by atoms with Gasteiger partial charge in [0.1, 0.15) is 19.3 Å². The highest BCUT2D eigenvalue weighted by Crippen LogP contribution is 2.36. The van der Waals surface area contributed by atoms with Crippen LogP contribution in [-0.2, 0) is 14.4 Å². The van der Waals surface area contributed by atoms with Gasteiger partial charge in [-0.1, -0.05) is 25.7 Å². The minimum atomic E-state index is -0.630. The van der Waals surface area contributed by atoms with E-state index in [0.29, 0.717) is 30.4 Å². The Bertz CT molecular complexity index is 835. The second-order valence-electron chi connectivity index (χ2n) is 8.66. The highest BCUT2D eigenvalue weighted by molar-refractivity contribution is 6.01. The lowest BCUT2D eigenvalue weighted by atomic mass is 10.1. The highest BCUT2D eigenvalue weighted by Gasteiger charge is 2.36. The number of carbonyl (C=O) groups excluding carboxylic acids is 3. The average molecular weight is 430 g/mol. The zero-order chi connectivity index (χ0) is 21.8. The fourth-order valence-electron chi connectivity index (χ4n) is 4.48. The molecule has 1 saturated heterocycles. The van der Waals surface area contributed by atoms with E-state index >= 15 is 0 Å². The van der Waals surface area contributed by atoms with Crippen molar-refractivity contribution in [3.8, 4) is 11.5 Å². The number of fused-ring (bicyclic) bond motifs is 1. The second kappa shape index (κ2) is 9.58. The number of hydrogen-bond acceptors (Lipinski definition) is 5. The molecule has 3 amide bonds. The van der Waals surface area contributed by atoms with Gasteiger partial charge >= 0.3 is 0 Å². The predicted octanol–water partition coefficient (Wildman–Crippen LogP) is 2.15. The Morgan fingerprint density at radius 3 is 2.52 bits per heavy atom. The van der Waals surface area contributed by atoms with E-state index in [2.05, 4.69) is 10.6 Å². The van der Waals surface area contributed by atoms with E-state index in [4.69, 9.17) is 9.47 Å². The van der Waals surface area contributed by atoms with Gasteiger partial charge in [-0.2, -0.15) is 0 Å². The molecule has 168 valence electrons. The van der Waals surface area contributed by atoms with Crippen molar-refractivity contribution in [2.45, 2.75) is 64.0 Å². The van der Waals surface area contributed by atoms with Gasteiger partial charge in [0.05, 0.1) is 5.92 Å². The van der Waals surface area contributed by atoms with E-state index in [1.807, 2.05) is 0 Å². The average Bonchev–Trinajstić information content (AvgIpc) is 2.98. The molecular weight excluding hydrogens is 398 g/mol. The summed E-state index contributed by atoms with van der Waals surface area (Å²) in [5.74, 6) is 0.226. The van der Waals surface area contributed by atoms with Gasteiger partial charge in [0, 0.05) is 30.8 Å². The van der Waals surface area contributed by atoms with Gasteiger partial charge in [-0.05, 0) is 31.9 Å². The van der Waals surface area contributed by atoms with E-state index in [0.717, 1.165) is 25.7 Å². The molecule has 0 bridgehead atoms. The molecule has 1 unspecified atom stereocenters. The summed E-state index contributed by atoms with van der Waals surface area (Å²) >= 11 is 0. The van der Waals surface area contributed by atoms with Gasteiger partial charge in [-0.3, -0.25) is 14.4 Å². The van der Waals surface area contributed by atoms with E-state index in [-0.39, 0.29) is 36.7 Å². The van der Waals surface area contributed by atoms with Crippen LogP contribution in [-0.4, -0.2) is 49.6 Å². The molecule has 0 radical (unpaired) electrons. The number of carbonyl (C=O) groups is 3. The van der Waals surface area contributed by atoms with Gasteiger partial charge in [-0.25, -0.2) is 0 Å². The first-order chi connectivity index (χ1) is 15.0. The fraction of sp³-hybridized carbons (Fsp3) is 0.609. The summed E-state index contributed by atoms with van der Waals surface area (Å²) < 4.78 is 11.1. The molecule has 31 heavy (non-hydrogen) atoms. The minimum absolute atomic E-state index is 0.118. The number of benzene rings is 1. The third-order valence-corrected chi connectivity index (χ3v) is 6.29. The van der Waals surface area contributed by atoms with Crippen molar-refractivity contribution in [1.29, 1.82) is 0 Å². The molecule has 2 aliphatic heterocycles. The van der Waals surface area contributed by atoms with Crippen LogP contribution in [0.1, 0.15) is 51.9 Å². The predicted molar refractivity (Wildman–Crippen MR) is 115 cm³/mol. The molecule has 2 atom stereocenters. The zero-order valence-corrected chi connectivity index (χ0v) is 18.0. The highest BCUT2D eigenvalue weighted by atomic mass is 16.6. The summed E-state index contributed by atoms with van der Waals surface area (Å²) in [5, 5.41) is 5.86. The maximum atomic E-state index is 12.7. The van der Waals surface area contributed by atoms with E-state index in [1.165, 1.54) is 12.8 Å². The summed E-state index contributed by atoms with van der Waals surface area (Å²) in [4.78, 5) is 39.4. The standard InChI is InChI=1S/C23H31N3O5/c1-15(22(28)25-17-6-4-2-3-5-7-17)24-23(29)16-12-21(27)26(14-16)18-8-9-19-20(13-18)31-11-10-30-19/h8-9,13,15-17H,2-7,10-12,14H2,1H3,(H,24,29)(H,25,28)/t15-,16?/m0/s1. The lowest BCUT2D eigenvalue weighted by Gasteiger charge is -2.23. The third kappa shape index (κ3) is 5.11.